The minimum atomic E-state index is -1.13. The second-order valence-corrected chi connectivity index (χ2v) is 5.61. The molecule has 3 rings (SSSR count). The van der Waals surface area contributed by atoms with Gasteiger partial charge in [0, 0.05) is 12.2 Å². The highest BCUT2D eigenvalue weighted by molar-refractivity contribution is 6.12. The summed E-state index contributed by atoms with van der Waals surface area (Å²) < 4.78 is 26.9. The Morgan fingerprint density at radius 3 is 2.58 bits per heavy atom. The van der Waals surface area contributed by atoms with Gasteiger partial charge in [-0.1, -0.05) is 24.3 Å². The maximum Gasteiger partial charge on any atom is 0.239 e. The van der Waals surface area contributed by atoms with Gasteiger partial charge in [-0.15, -0.1) is 0 Å². The predicted octanol–water partition coefficient (Wildman–Crippen LogP) is 3.35. The van der Waals surface area contributed by atoms with Gasteiger partial charge in [-0.2, -0.15) is 0 Å². The van der Waals surface area contributed by atoms with E-state index in [-0.39, 0.29) is 11.6 Å². The van der Waals surface area contributed by atoms with Gasteiger partial charge in [0.15, 0.2) is 11.6 Å². The maximum atomic E-state index is 13.7. The van der Waals surface area contributed by atoms with Crippen molar-refractivity contribution in [2.75, 3.05) is 16.8 Å². The van der Waals surface area contributed by atoms with Gasteiger partial charge in [0.1, 0.15) is 5.92 Å². The minimum Gasteiger partial charge on any atom is -0.323 e. The maximum absolute atomic E-state index is 13.7. The van der Waals surface area contributed by atoms with Gasteiger partial charge in [0.05, 0.1) is 5.69 Å². The van der Waals surface area contributed by atoms with Crippen LogP contribution >= 0.6 is 0 Å². The molecular weight excluding hydrogens is 314 g/mol. The number of rotatable bonds is 3. The predicted molar refractivity (Wildman–Crippen MR) is 86.5 cm³/mol. The number of halogens is 2. The van der Waals surface area contributed by atoms with Crippen LogP contribution in [-0.4, -0.2) is 18.4 Å². The lowest BCUT2D eigenvalue weighted by molar-refractivity contribution is -0.132. The summed E-state index contributed by atoms with van der Waals surface area (Å²) in [7, 11) is 0. The number of hydrogen-bond acceptors (Lipinski definition) is 2. The SMILES string of the molecule is O=C(Nc1cccc(F)c1F)C1CCCN(c2ccccc2)C1=O. The number of benzene rings is 2. The molecule has 2 aromatic rings. The molecule has 1 heterocycles. The molecule has 1 aliphatic heterocycles. The van der Waals surface area contributed by atoms with Crippen molar-refractivity contribution >= 4 is 23.2 Å². The lowest BCUT2D eigenvalue weighted by Crippen LogP contribution is -2.46. The third-order valence-corrected chi connectivity index (χ3v) is 4.03. The Kier molecular flexibility index (Phi) is 4.55. The fourth-order valence-corrected chi connectivity index (χ4v) is 2.80. The van der Waals surface area contributed by atoms with E-state index in [4.69, 9.17) is 0 Å². The first-order chi connectivity index (χ1) is 11.6. The molecule has 2 aromatic carbocycles. The molecule has 0 aliphatic carbocycles. The van der Waals surface area contributed by atoms with Gasteiger partial charge in [-0.3, -0.25) is 9.59 Å². The summed E-state index contributed by atoms with van der Waals surface area (Å²) in [4.78, 5) is 26.5. The van der Waals surface area contributed by atoms with Gasteiger partial charge < -0.3 is 10.2 Å². The first-order valence-corrected chi connectivity index (χ1v) is 7.69. The van der Waals surface area contributed by atoms with E-state index < -0.39 is 23.5 Å². The van der Waals surface area contributed by atoms with Crippen molar-refractivity contribution in [3.8, 4) is 0 Å². The topological polar surface area (TPSA) is 49.4 Å². The number of carbonyl (C=O) groups excluding carboxylic acids is 2. The number of nitrogens with zero attached hydrogens (tertiary/aromatic N) is 1. The average molecular weight is 330 g/mol. The number of piperidine rings is 1. The number of anilines is 2. The summed E-state index contributed by atoms with van der Waals surface area (Å²) >= 11 is 0. The first kappa shape index (κ1) is 16.1. The molecule has 1 aliphatic rings. The first-order valence-electron chi connectivity index (χ1n) is 7.69. The van der Waals surface area contributed by atoms with Crippen LogP contribution in [0.5, 0.6) is 0 Å². The molecule has 0 spiro atoms. The normalized spacial score (nSPS) is 17.7. The summed E-state index contributed by atoms with van der Waals surface area (Å²) in [5.41, 5.74) is 0.460. The standard InChI is InChI=1S/C18H16F2N2O2/c19-14-9-4-10-15(16(14)20)21-17(23)13-8-5-11-22(18(13)24)12-6-2-1-3-7-12/h1-4,6-7,9-10,13H,5,8,11H2,(H,21,23). The second kappa shape index (κ2) is 6.78. The second-order valence-electron chi connectivity index (χ2n) is 5.61. The van der Waals surface area contributed by atoms with E-state index in [9.17, 15) is 18.4 Å². The molecule has 1 N–H and O–H groups in total. The third kappa shape index (κ3) is 3.13. The fraction of sp³-hybridized carbons (Fsp3) is 0.222. The quantitative estimate of drug-likeness (QED) is 0.878. The molecule has 1 unspecified atom stereocenters. The Balaban J connectivity index is 1.77. The van der Waals surface area contributed by atoms with E-state index in [0.717, 1.165) is 11.8 Å². The van der Waals surface area contributed by atoms with Crippen molar-refractivity contribution in [1.82, 2.24) is 0 Å². The molecular formula is C18H16F2N2O2. The molecule has 0 aromatic heterocycles. The summed E-state index contributed by atoms with van der Waals surface area (Å²) in [6.07, 6.45) is 1.04. The Labute approximate surface area is 138 Å². The van der Waals surface area contributed by atoms with Gasteiger partial charge in [0.25, 0.3) is 0 Å². The van der Waals surface area contributed by atoms with Crippen molar-refractivity contribution in [3.63, 3.8) is 0 Å². The summed E-state index contributed by atoms with van der Waals surface area (Å²) in [6.45, 7) is 0.529. The van der Waals surface area contributed by atoms with Crippen LogP contribution in [0.2, 0.25) is 0 Å². The van der Waals surface area contributed by atoms with Crippen molar-refractivity contribution in [2.45, 2.75) is 12.8 Å². The van der Waals surface area contributed by atoms with Crippen LogP contribution < -0.4 is 10.2 Å². The van der Waals surface area contributed by atoms with Crippen LogP contribution in [0.15, 0.2) is 48.5 Å². The van der Waals surface area contributed by atoms with E-state index in [1.807, 2.05) is 18.2 Å². The van der Waals surface area contributed by atoms with Crippen LogP contribution in [0.1, 0.15) is 12.8 Å². The monoisotopic (exact) mass is 330 g/mol. The third-order valence-electron chi connectivity index (χ3n) is 4.03. The molecule has 1 saturated heterocycles. The minimum absolute atomic E-state index is 0.260. The molecule has 1 atom stereocenters. The van der Waals surface area contributed by atoms with Crippen LogP contribution in [0.25, 0.3) is 0 Å². The van der Waals surface area contributed by atoms with E-state index in [2.05, 4.69) is 5.32 Å². The Hall–Kier alpha value is -2.76. The summed E-state index contributed by atoms with van der Waals surface area (Å²) in [6, 6.07) is 12.6. The van der Waals surface area contributed by atoms with Gasteiger partial charge in [-0.05, 0) is 37.1 Å². The van der Waals surface area contributed by atoms with Crippen LogP contribution in [0.4, 0.5) is 20.2 Å². The van der Waals surface area contributed by atoms with E-state index in [0.29, 0.717) is 19.4 Å². The summed E-state index contributed by atoms with van der Waals surface area (Å²) in [5, 5.41) is 2.32. The molecule has 0 saturated carbocycles. The fourth-order valence-electron chi connectivity index (χ4n) is 2.80. The highest BCUT2D eigenvalue weighted by Gasteiger charge is 2.35. The number of nitrogens with one attached hydrogen (secondary N) is 1. The number of para-hydroxylation sites is 1. The molecule has 0 bridgehead atoms. The van der Waals surface area contributed by atoms with E-state index in [1.54, 1.807) is 17.0 Å². The van der Waals surface area contributed by atoms with Crippen molar-refractivity contribution in [2.24, 2.45) is 5.92 Å². The average Bonchev–Trinajstić information content (AvgIpc) is 2.60. The zero-order valence-electron chi connectivity index (χ0n) is 12.8. The molecule has 24 heavy (non-hydrogen) atoms. The largest absolute Gasteiger partial charge is 0.323 e. The zero-order valence-corrected chi connectivity index (χ0v) is 12.8. The number of amides is 2. The smallest absolute Gasteiger partial charge is 0.239 e. The highest BCUT2D eigenvalue weighted by atomic mass is 19.2. The van der Waals surface area contributed by atoms with Crippen LogP contribution in [0.3, 0.4) is 0 Å². The molecule has 4 nitrogen and oxygen atoms in total. The molecule has 2 amide bonds. The lowest BCUT2D eigenvalue weighted by Gasteiger charge is -2.31. The molecule has 124 valence electrons. The van der Waals surface area contributed by atoms with Gasteiger partial charge >= 0.3 is 0 Å². The number of hydrogen-bond donors (Lipinski definition) is 1. The summed E-state index contributed by atoms with van der Waals surface area (Å²) in [5.74, 6) is -4.05. The Bertz CT molecular complexity index is 765. The van der Waals surface area contributed by atoms with Gasteiger partial charge in [-0.25, -0.2) is 8.78 Å². The van der Waals surface area contributed by atoms with Crippen LogP contribution in [0, 0.1) is 17.6 Å². The molecule has 6 heteroatoms. The number of carbonyl (C=O) groups is 2. The molecule has 1 fully saturated rings. The zero-order chi connectivity index (χ0) is 17.1. The van der Waals surface area contributed by atoms with E-state index in [1.165, 1.54) is 12.1 Å². The van der Waals surface area contributed by atoms with Crippen molar-refractivity contribution < 1.29 is 18.4 Å². The highest BCUT2D eigenvalue weighted by Crippen LogP contribution is 2.26. The Morgan fingerprint density at radius 1 is 1.08 bits per heavy atom. The molecule has 0 radical (unpaired) electrons. The van der Waals surface area contributed by atoms with Crippen LogP contribution in [-0.2, 0) is 9.59 Å². The van der Waals surface area contributed by atoms with Crippen molar-refractivity contribution in [1.29, 1.82) is 0 Å². The van der Waals surface area contributed by atoms with Crippen molar-refractivity contribution in [3.05, 3.63) is 60.2 Å². The van der Waals surface area contributed by atoms with E-state index >= 15 is 0 Å². The lowest BCUT2D eigenvalue weighted by atomic mass is 9.95. The van der Waals surface area contributed by atoms with Gasteiger partial charge in [0.2, 0.25) is 11.8 Å². The Morgan fingerprint density at radius 2 is 1.83 bits per heavy atom.